The molecule has 0 aliphatic heterocycles. The van der Waals surface area contributed by atoms with Gasteiger partial charge in [-0.2, -0.15) is 5.26 Å². The number of benzene rings is 3. The van der Waals surface area contributed by atoms with Crippen molar-refractivity contribution < 1.29 is 18.9 Å². The summed E-state index contributed by atoms with van der Waals surface area (Å²) in [6.07, 6.45) is 3.66. The second-order valence-electron chi connectivity index (χ2n) is 8.86. The van der Waals surface area contributed by atoms with Crippen LogP contribution in [-0.2, 0) is 26.9 Å². The van der Waals surface area contributed by atoms with Crippen molar-refractivity contribution in [2.75, 3.05) is 12.8 Å². The second kappa shape index (κ2) is 11.2. The molecule has 0 radical (unpaired) electrons. The number of amides is 1. The number of nitrogens with zero attached hydrogens (tertiary/aromatic N) is 2. The predicted molar refractivity (Wildman–Crippen MR) is 145 cm³/mol. The van der Waals surface area contributed by atoms with Crippen LogP contribution in [-0.4, -0.2) is 38.9 Å². The SMILES string of the molecule is CC1=C(CC(=O)N(CC(=O)O)Cc2ccccc2)c2cc(C#N)ccc2/C1=C/c1ccc(S(C)=O)cc1. The first-order valence-corrected chi connectivity index (χ1v) is 13.3. The van der Waals surface area contributed by atoms with Crippen molar-refractivity contribution in [1.29, 1.82) is 5.26 Å². The number of carbonyl (C=O) groups excluding carboxylic acids is 1. The third kappa shape index (κ3) is 5.93. The molecular weight excluding hydrogens is 484 g/mol. The Balaban J connectivity index is 1.71. The first-order valence-electron chi connectivity index (χ1n) is 11.7. The number of allylic oxidation sites excluding steroid dienone is 2. The number of carboxylic acid groups (broad SMARTS) is 1. The molecule has 1 aliphatic carbocycles. The van der Waals surface area contributed by atoms with Crippen LogP contribution in [0.25, 0.3) is 17.2 Å². The molecule has 0 spiro atoms. The lowest BCUT2D eigenvalue weighted by molar-refractivity contribution is -0.144. The summed E-state index contributed by atoms with van der Waals surface area (Å²) in [5.41, 5.74) is 6.57. The Kier molecular flexibility index (Phi) is 7.80. The van der Waals surface area contributed by atoms with Crippen LogP contribution in [0.1, 0.15) is 41.2 Å². The molecule has 37 heavy (non-hydrogen) atoms. The number of rotatable bonds is 8. The Morgan fingerprint density at radius 2 is 1.73 bits per heavy atom. The number of fused-ring (bicyclic) bond motifs is 1. The normalized spacial score (nSPS) is 14.2. The maximum Gasteiger partial charge on any atom is 0.323 e. The molecular formula is C30H26N2O4S. The molecule has 7 heteroatoms. The van der Waals surface area contributed by atoms with E-state index >= 15 is 0 Å². The molecule has 1 unspecified atom stereocenters. The third-order valence-electron chi connectivity index (χ3n) is 6.37. The predicted octanol–water partition coefficient (Wildman–Crippen LogP) is 5.13. The Morgan fingerprint density at radius 1 is 1.03 bits per heavy atom. The average Bonchev–Trinajstić information content (AvgIpc) is 3.14. The van der Waals surface area contributed by atoms with E-state index in [-0.39, 0.29) is 18.9 Å². The van der Waals surface area contributed by atoms with Crippen LogP contribution in [0.4, 0.5) is 0 Å². The van der Waals surface area contributed by atoms with E-state index in [1.54, 1.807) is 18.4 Å². The smallest absolute Gasteiger partial charge is 0.323 e. The molecule has 1 N–H and O–H groups in total. The standard InChI is InChI=1S/C30H26N2O4S/c1-20-26(14-21-8-11-24(12-9-21)37(2)36)25-13-10-23(17-31)15-28(25)27(20)16-29(33)32(19-30(34)35)18-22-6-4-3-5-7-22/h3-15H,16,18-19H2,1-2H3,(H,34,35)/b26-14+. The summed E-state index contributed by atoms with van der Waals surface area (Å²) in [6, 6.07) is 24.3. The van der Waals surface area contributed by atoms with Crippen LogP contribution in [0.5, 0.6) is 0 Å². The fraction of sp³-hybridized carbons (Fsp3) is 0.167. The highest BCUT2D eigenvalue weighted by Gasteiger charge is 2.28. The summed E-state index contributed by atoms with van der Waals surface area (Å²) in [7, 11) is -1.07. The second-order valence-corrected chi connectivity index (χ2v) is 10.2. The van der Waals surface area contributed by atoms with E-state index in [0.29, 0.717) is 5.56 Å². The first-order chi connectivity index (χ1) is 17.8. The molecule has 0 heterocycles. The molecule has 0 fully saturated rings. The van der Waals surface area contributed by atoms with E-state index in [9.17, 15) is 24.2 Å². The average molecular weight is 511 g/mol. The van der Waals surface area contributed by atoms with Crippen molar-refractivity contribution in [3.05, 3.63) is 106 Å². The highest BCUT2D eigenvalue weighted by atomic mass is 32.2. The molecule has 0 saturated carbocycles. The Morgan fingerprint density at radius 3 is 2.35 bits per heavy atom. The van der Waals surface area contributed by atoms with E-state index in [4.69, 9.17) is 0 Å². The lowest BCUT2D eigenvalue weighted by Crippen LogP contribution is -2.35. The van der Waals surface area contributed by atoms with Crippen molar-refractivity contribution in [3.8, 4) is 6.07 Å². The highest BCUT2D eigenvalue weighted by Crippen LogP contribution is 2.44. The van der Waals surface area contributed by atoms with Crippen LogP contribution in [0.3, 0.4) is 0 Å². The van der Waals surface area contributed by atoms with Crippen LogP contribution in [0.15, 0.2) is 83.3 Å². The van der Waals surface area contributed by atoms with Crippen LogP contribution < -0.4 is 0 Å². The van der Waals surface area contributed by atoms with Gasteiger partial charge in [0, 0.05) is 28.5 Å². The highest BCUT2D eigenvalue weighted by molar-refractivity contribution is 7.84. The Labute approximate surface area is 218 Å². The lowest BCUT2D eigenvalue weighted by Gasteiger charge is -2.21. The molecule has 1 atom stereocenters. The van der Waals surface area contributed by atoms with Gasteiger partial charge in [-0.3, -0.25) is 13.8 Å². The molecule has 0 saturated heterocycles. The van der Waals surface area contributed by atoms with E-state index in [2.05, 4.69) is 6.07 Å². The van der Waals surface area contributed by atoms with Gasteiger partial charge in [-0.15, -0.1) is 0 Å². The minimum absolute atomic E-state index is 0.0128. The van der Waals surface area contributed by atoms with Gasteiger partial charge in [0.05, 0.1) is 18.1 Å². The number of hydrogen-bond donors (Lipinski definition) is 1. The van der Waals surface area contributed by atoms with Crippen molar-refractivity contribution in [2.45, 2.75) is 24.8 Å². The largest absolute Gasteiger partial charge is 0.480 e. The van der Waals surface area contributed by atoms with Gasteiger partial charge in [-0.25, -0.2) is 0 Å². The maximum absolute atomic E-state index is 13.4. The number of carboxylic acids is 1. The van der Waals surface area contributed by atoms with E-state index in [1.165, 1.54) is 4.90 Å². The Bertz CT molecular complexity index is 1480. The van der Waals surface area contributed by atoms with Crippen molar-refractivity contribution >= 4 is 39.9 Å². The van der Waals surface area contributed by atoms with Crippen molar-refractivity contribution in [3.63, 3.8) is 0 Å². The van der Waals surface area contributed by atoms with Crippen molar-refractivity contribution in [2.24, 2.45) is 0 Å². The number of carbonyl (C=O) groups is 2. The van der Waals surface area contributed by atoms with E-state index in [0.717, 1.165) is 43.9 Å². The van der Waals surface area contributed by atoms with Gasteiger partial charge in [-0.1, -0.05) is 48.5 Å². The molecule has 1 aliphatic rings. The van der Waals surface area contributed by atoms with Crippen LogP contribution in [0, 0.1) is 11.3 Å². The van der Waals surface area contributed by atoms with Gasteiger partial charge in [0.25, 0.3) is 0 Å². The quantitative estimate of drug-likeness (QED) is 0.453. The number of nitriles is 1. The van der Waals surface area contributed by atoms with E-state index < -0.39 is 23.3 Å². The first kappa shape index (κ1) is 25.8. The van der Waals surface area contributed by atoms with Crippen LogP contribution in [0.2, 0.25) is 0 Å². The zero-order valence-electron chi connectivity index (χ0n) is 20.6. The minimum atomic E-state index is -1.08. The van der Waals surface area contributed by atoms with Gasteiger partial charge in [0.15, 0.2) is 0 Å². The van der Waals surface area contributed by atoms with Crippen LogP contribution >= 0.6 is 0 Å². The summed E-state index contributed by atoms with van der Waals surface area (Å²) in [5, 5.41) is 18.9. The van der Waals surface area contributed by atoms with E-state index in [1.807, 2.05) is 73.7 Å². The molecule has 4 rings (SSSR count). The fourth-order valence-electron chi connectivity index (χ4n) is 4.46. The monoisotopic (exact) mass is 510 g/mol. The van der Waals surface area contributed by atoms with Gasteiger partial charge in [-0.05, 0) is 76.2 Å². The summed E-state index contributed by atoms with van der Waals surface area (Å²) in [6.45, 7) is 1.73. The minimum Gasteiger partial charge on any atom is -0.480 e. The van der Waals surface area contributed by atoms with Crippen molar-refractivity contribution in [1.82, 2.24) is 4.90 Å². The van der Waals surface area contributed by atoms with Gasteiger partial charge in [0.2, 0.25) is 5.91 Å². The number of aliphatic carboxylic acids is 1. The maximum atomic E-state index is 13.4. The summed E-state index contributed by atoms with van der Waals surface area (Å²) >= 11 is 0. The number of hydrogen-bond acceptors (Lipinski definition) is 4. The molecule has 0 aromatic heterocycles. The summed E-state index contributed by atoms with van der Waals surface area (Å²) < 4.78 is 11.7. The molecule has 0 bridgehead atoms. The zero-order valence-corrected chi connectivity index (χ0v) is 21.4. The summed E-state index contributed by atoms with van der Waals surface area (Å²) in [5.74, 6) is -1.38. The molecule has 6 nitrogen and oxygen atoms in total. The van der Waals surface area contributed by atoms with Gasteiger partial charge >= 0.3 is 5.97 Å². The topological polar surface area (TPSA) is 98.5 Å². The zero-order chi connectivity index (χ0) is 26.5. The molecule has 3 aromatic rings. The Hall–Kier alpha value is -4.28. The van der Waals surface area contributed by atoms with Gasteiger partial charge in [0.1, 0.15) is 6.54 Å². The summed E-state index contributed by atoms with van der Waals surface area (Å²) in [4.78, 5) is 27.1. The lowest BCUT2D eigenvalue weighted by atomic mass is 9.98. The molecule has 186 valence electrons. The third-order valence-corrected chi connectivity index (χ3v) is 7.30. The molecule has 3 aromatic carbocycles. The fourth-order valence-corrected chi connectivity index (χ4v) is 4.98. The molecule has 1 amide bonds. The van der Waals surface area contributed by atoms with Gasteiger partial charge < -0.3 is 10.0 Å².